The summed E-state index contributed by atoms with van der Waals surface area (Å²) in [6, 6.07) is 6.32. The Hall–Kier alpha value is -2.74. The molecule has 0 saturated carbocycles. The standard InChI is InChI=1S/C14H12N4O3S/c1-8-16-10(7-22-8)6-15-14(19)11-5-9-3-2-4-12(18(20)21)13(9)17-11/h2-5,7,17H,6H2,1H3,(H,15,19). The van der Waals surface area contributed by atoms with Gasteiger partial charge in [-0.3, -0.25) is 14.9 Å². The number of carbonyl (C=O) groups is 1. The van der Waals surface area contributed by atoms with E-state index < -0.39 is 4.92 Å². The number of hydrogen-bond donors (Lipinski definition) is 2. The van der Waals surface area contributed by atoms with Crippen LogP contribution < -0.4 is 5.32 Å². The number of non-ortho nitro benzene ring substituents is 1. The van der Waals surface area contributed by atoms with Crippen LogP contribution in [0.3, 0.4) is 0 Å². The number of rotatable bonds is 4. The van der Waals surface area contributed by atoms with E-state index in [2.05, 4.69) is 15.3 Å². The highest BCUT2D eigenvalue weighted by atomic mass is 32.1. The number of H-pyrrole nitrogens is 1. The van der Waals surface area contributed by atoms with Crippen LogP contribution in [-0.2, 0) is 6.54 Å². The number of aromatic amines is 1. The molecule has 3 aromatic rings. The number of aromatic nitrogens is 2. The Balaban J connectivity index is 1.82. The van der Waals surface area contributed by atoms with Crippen molar-refractivity contribution in [3.63, 3.8) is 0 Å². The molecule has 0 spiro atoms. The zero-order valence-electron chi connectivity index (χ0n) is 11.6. The molecule has 3 rings (SSSR count). The number of benzene rings is 1. The van der Waals surface area contributed by atoms with Crippen LogP contribution in [0.15, 0.2) is 29.6 Å². The number of nitrogens with zero attached hydrogens (tertiary/aromatic N) is 2. The summed E-state index contributed by atoms with van der Waals surface area (Å²) in [5.74, 6) is -0.323. The molecule has 0 atom stereocenters. The Morgan fingerprint density at radius 1 is 1.50 bits per heavy atom. The first kappa shape index (κ1) is 14.2. The first-order chi connectivity index (χ1) is 10.5. The monoisotopic (exact) mass is 316 g/mol. The number of thiazole rings is 1. The van der Waals surface area contributed by atoms with Gasteiger partial charge in [-0.1, -0.05) is 12.1 Å². The molecule has 2 N–H and O–H groups in total. The van der Waals surface area contributed by atoms with Crippen LogP contribution in [0.1, 0.15) is 21.2 Å². The zero-order chi connectivity index (χ0) is 15.7. The molecule has 0 fully saturated rings. The number of para-hydroxylation sites is 1. The first-order valence-electron chi connectivity index (χ1n) is 6.50. The molecule has 0 unspecified atom stereocenters. The molecule has 0 saturated heterocycles. The number of amides is 1. The number of nitro benzene ring substituents is 1. The second kappa shape index (κ2) is 5.57. The lowest BCUT2D eigenvalue weighted by Crippen LogP contribution is -2.23. The minimum atomic E-state index is -0.474. The Labute approximate surface area is 129 Å². The normalized spacial score (nSPS) is 10.8. The SMILES string of the molecule is Cc1nc(CNC(=O)c2cc3cccc([N+](=O)[O-])c3[nH]2)cs1. The fourth-order valence-corrected chi connectivity index (χ4v) is 2.78. The molecule has 22 heavy (non-hydrogen) atoms. The highest BCUT2D eigenvalue weighted by Gasteiger charge is 2.16. The summed E-state index contributed by atoms with van der Waals surface area (Å²) in [5.41, 5.74) is 1.38. The Morgan fingerprint density at radius 3 is 3.00 bits per heavy atom. The van der Waals surface area contributed by atoms with Crippen molar-refractivity contribution in [3.05, 3.63) is 56.2 Å². The van der Waals surface area contributed by atoms with Crippen LogP contribution in [0.5, 0.6) is 0 Å². The molecule has 1 amide bonds. The minimum Gasteiger partial charge on any atom is -0.345 e. The molecule has 0 aliphatic carbocycles. The van der Waals surface area contributed by atoms with Crippen LogP contribution in [-0.4, -0.2) is 20.8 Å². The maximum absolute atomic E-state index is 12.1. The Morgan fingerprint density at radius 2 is 2.32 bits per heavy atom. The van der Waals surface area contributed by atoms with Crippen molar-refractivity contribution in [1.82, 2.24) is 15.3 Å². The fourth-order valence-electron chi connectivity index (χ4n) is 2.17. The van der Waals surface area contributed by atoms with Gasteiger partial charge in [-0.15, -0.1) is 11.3 Å². The van der Waals surface area contributed by atoms with Gasteiger partial charge in [0.2, 0.25) is 0 Å². The van der Waals surface area contributed by atoms with Crippen molar-refractivity contribution in [1.29, 1.82) is 0 Å². The molecule has 7 nitrogen and oxygen atoms in total. The molecule has 2 aromatic heterocycles. The molecule has 1 aromatic carbocycles. The van der Waals surface area contributed by atoms with E-state index in [1.165, 1.54) is 17.4 Å². The third-order valence-electron chi connectivity index (χ3n) is 3.17. The average molecular weight is 316 g/mol. The molecular weight excluding hydrogens is 304 g/mol. The molecule has 0 bridgehead atoms. The van der Waals surface area contributed by atoms with E-state index in [1.54, 1.807) is 18.2 Å². The van der Waals surface area contributed by atoms with Crippen molar-refractivity contribution in [2.75, 3.05) is 0 Å². The largest absolute Gasteiger partial charge is 0.345 e. The summed E-state index contributed by atoms with van der Waals surface area (Å²) in [6.07, 6.45) is 0. The highest BCUT2D eigenvalue weighted by Crippen LogP contribution is 2.25. The Bertz CT molecular complexity index is 868. The lowest BCUT2D eigenvalue weighted by molar-refractivity contribution is -0.383. The molecule has 2 heterocycles. The maximum atomic E-state index is 12.1. The molecule has 0 aliphatic rings. The third-order valence-corrected chi connectivity index (χ3v) is 3.99. The van der Waals surface area contributed by atoms with Gasteiger partial charge >= 0.3 is 0 Å². The topological polar surface area (TPSA) is 101 Å². The lowest BCUT2D eigenvalue weighted by Gasteiger charge is -2.00. The van der Waals surface area contributed by atoms with E-state index in [9.17, 15) is 14.9 Å². The molecule has 112 valence electrons. The first-order valence-corrected chi connectivity index (χ1v) is 7.38. The minimum absolute atomic E-state index is 0.0494. The summed E-state index contributed by atoms with van der Waals surface area (Å²) in [7, 11) is 0. The summed E-state index contributed by atoms with van der Waals surface area (Å²) < 4.78 is 0. The number of fused-ring (bicyclic) bond motifs is 1. The van der Waals surface area contributed by atoms with Crippen molar-refractivity contribution >= 4 is 33.8 Å². The van der Waals surface area contributed by atoms with Gasteiger partial charge in [0.05, 0.1) is 22.2 Å². The highest BCUT2D eigenvalue weighted by molar-refractivity contribution is 7.09. The van der Waals surface area contributed by atoms with Crippen LogP contribution >= 0.6 is 11.3 Å². The van der Waals surface area contributed by atoms with Gasteiger partial charge in [0.15, 0.2) is 0 Å². The molecule has 0 radical (unpaired) electrons. The third kappa shape index (κ3) is 2.68. The number of hydrogen-bond acceptors (Lipinski definition) is 5. The van der Waals surface area contributed by atoms with E-state index >= 15 is 0 Å². The number of nitro groups is 1. The van der Waals surface area contributed by atoms with Gasteiger partial charge in [0.25, 0.3) is 11.6 Å². The molecule has 8 heteroatoms. The van der Waals surface area contributed by atoms with Gasteiger partial charge in [-0.25, -0.2) is 4.98 Å². The summed E-state index contributed by atoms with van der Waals surface area (Å²) in [5, 5.41) is 17.2. The van der Waals surface area contributed by atoms with Gasteiger partial charge in [0.1, 0.15) is 11.2 Å². The van der Waals surface area contributed by atoms with E-state index in [1.807, 2.05) is 12.3 Å². The second-order valence-electron chi connectivity index (χ2n) is 4.72. The smallest absolute Gasteiger partial charge is 0.293 e. The fraction of sp³-hybridized carbons (Fsp3) is 0.143. The predicted octanol–water partition coefficient (Wildman–Crippen LogP) is 2.77. The summed E-state index contributed by atoms with van der Waals surface area (Å²) in [4.78, 5) is 29.7. The van der Waals surface area contributed by atoms with Crippen LogP contribution in [0.2, 0.25) is 0 Å². The van der Waals surface area contributed by atoms with Gasteiger partial charge in [-0.05, 0) is 13.0 Å². The summed E-state index contributed by atoms with van der Waals surface area (Å²) >= 11 is 1.52. The van der Waals surface area contributed by atoms with Crippen LogP contribution in [0.25, 0.3) is 10.9 Å². The number of aryl methyl sites for hydroxylation is 1. The summed E-state index contributed by atoms with van der Waals surface area (Å²) in [6.45, 7) is 2.22. The lowest BCUT2D eigenvalue weighted by atomic mass is 10.2. The number of nitrogens with one attached hydrogen (secondary N) is 2. The maximum Gasteiger partial charge on any atom is 0.293 e. The number of carbonyl (C=O) groups excluding carboxylic acids is 1. The van der Waals surface area contributed by atoms with Crippen molar-refractivity contribution in [2.24, 2.45) is 0 Å². The van der Waals surface area contributed by atoms with Gasteiger partial charge in [-0.2, -0.15) is 0 Å². The quantitative estimate of drug-likeness (QED) is 0.571. The van der Waals surface area contributed by atoms with Gasteiger partial charge < -0.3 is 10.3 Å². The van der Waals surface area contributed by atoms with Crippen molar-refractivity contribution < 1.29 is 9.72 Å². The van der Waals surface area contributed by atoms with Crippen LogP contribution in [0, 0.1) is 17.0 Å². The van der Waals surface area contributed by atoms with E-state index in [4.69, 9.17) is 0 Å². The van der Waals surface area contributed by atoms with Crippen molar-refractivity contribution in [3.8, 4) is 0 Å². The Kier molecular flexibility index (Phi) is 3.60. The van der Waals surface area contributed by atoms with Gasteiger partial charge in [0, 0.05) is 16.8 Å². The van der Waals surface area contributed by atoms with E-state index in [0.717, 1.165) is 10.7 Å². The zero-order valence-corrected chi connectivity index (χ0v) is 12.4. The predicted molar refractivity (Wildman–Crippen MR) is 83.0 cm³/mol. The molecule has 0 aliphatic heterocycles. The average Bonchev–Trinajstić information content (AvgIpc) is 3.09. The van der Waals surface area contributed by atoms with Crippen LogP contribution in [0.4, 0.5) is 5.69 Å². The van der Waals surface area contributed by atoms with E-state index in [-0.39, 0.29) is 17.3 Å². The van der Waals surface area contributed by atoms with Crippen molar-refractivity contribution in [2.45, 2.75) is 13.5 Å². The second-order valence-corrected chi connectivity index (χ2v) is 5.78. The van der Waals surface area contributed by atoms with E-state index in [0.29, 0.717) is 17.4 Å². The molecular formula is C14H12N4O3S.